The SMILES string of the molecule is CCCCOC(=O)CCC(=O)Cc1nc2ccccc2s1. The lowest BCUT2D eigenvalue weighted by molar-refractivity contribution is -0.144. The van der Waals surface area contributed by atoms with Crippen LogP contribution >= 0.6 is 11.3 Å². The number of nitrogens with zero attached hydrogens (tertiary/aromatic N) is 1. The fraction of sp³-hybridized carbons (Fsp3) is 0.438. The minimum Gasteiger partial charge on any atom is -0.466 e. The number of benzene rings is 1. The standard InChI is InChI=1S/C16H19NO3S/c1-2-3-10-20-16(19)9-8-12(18)11-15-17-13-6-4-5-7-14(13)21-15/h4-7H,2-3,8-11H2,1H3. The second-order valence-corrected chi connectivity index (χ2v) is 5.98. The number of aromatic nitrogens is 1. The van der Waals surface area contributed by atoms with Crippen LogP contribution in [0.3, 0.4) is 0 Å². The molecule has 4 nitrogen and oxygen atoms in total. The summed E-state index contributed by atoms with van der Waals surface area (Å²) in [6.45, 7) is 2.48. The summed E-state index contributed by atoms with van der Waals surface area (Å²) in [7, 11) is 0. The summed E-state index contributed by atoms with van der Waals surface area (Å²) in [6.07, 6.45) is 2.53. The summed E-state index contributed by atoms with van der Waals surface area (Å²) in [5, 5.41) is 0.806. The van der Waals surface area contributed by atoms with Gasteiger partial charge in [0, 0.05) is 6.42 Å². The van der Waals surface area contributed by atoms with Gasteiger partial charge in [-0.15, -0.1) is 11.3 Å². The van der Waals surface area contributed by atoms with Crippen molar-refractivity contribution in [2.24, 2.45) is 0 Å². The number of carbonyl (C=O) groups excluding carboxylic acids is 2. The summed E-state index contributed by atoms with van der Waals surface area (Å²) < 4.78 is 6.11. The molecule has 112 valence electrons. The Kier molecular flexibility index (Phi) is 5.87. The Morgan fingerprint density at radius 3 is 2.81 bits per heavy atom. The molecule has 2 rings (SSSR count). The minimum atomic E-state index is -0.291. The molecule has 0 spiro atoms. The molecule has 0 saturated heterocycles. The number of esters is 1. The lowest BCUT2D eigenvalue weighted by atomic mass is 10.2. The molecule has 1 aromatic carbocycles. The Hall–Kier alpha value is -1.75. The Morgan fingerprint density at radius 2 is 2.05 bits per heavy atom. The van der Waals surface area contributed by atoms with E-state index in [9.17, 15) is 9.59 Å². The van der Waals surface area contributed by atoms with E-state index in [1.54, 1.807) is 0 Å². The largest absolute Gasteiger partial charge is 0.466 e. The van der Waals surface area contributed by atoms with E-state index in [0.717, 1.165) is 28.1 Å². The van der Waals surface area contributed by atoms with Crippen molar-refractivity contribution >= 4 is 33.3 Å². The van der Waals surface area contributed by atoms with E-state index >= 15 is 0 Å². The molecule has 0 saturated carbocycles. The highest BCUT2D eigenvalue weighted by molar-refractivity contribution is 7.18. The van der Waals surface area contributed by atoms with Crippen LogP contribution in [0.15, 0.2) is 24.3 Å². The molecular weight excluding hydrogens is 286 g/mol. The van der Waals surface area contributed by atoms with Gasteiger partial charge in [-0.05, 0) is 18.6 Å². The Bertz CT molecular complexity index is 588. The van der Waals surface area contributed by atoms with Crippen LogP contribution in [0.25, 0.3) is 10.2 Å². The highest BCUT2D eigenvalue weighted by atomic mass is 32.1. The number of carbonyl (C=O) groups is 2. The van der Waals surface area contributed by atoms with E-state index in [1.165, 1.54) is 11.3 Å². The highest BCUT2D eigenvalue weighted by Gasteiger charge is 2.11. The molecule has 21 heavy (non-hydrogen) atoms. The molecule has 0 amide bonds. The summed E-state index contributed by atoms with van der Waals surface area (Å²) in [6, 6.07) is 7.81. The first kappa shape index (κ1) is 15.6. The predicted molar refractivity (Wildman–Crippen MR) is 83.4 cm³/mol. The van der Waals surface area contributed by atoms with Gasteiger partial charge in [0.05, 0.1) is 29.7 Å². The molecule has 0 aliphatic rings. The molecular formula is C16H19NO3S. The fourth-order valence-electron chi connectivity index (χ4n) is 1.90. The first-order valence-electron chi connectivity index (χ1n) is 7.21. The number of fused-ring (bicyclic) bond motifs is 1. The Labute approximate surface area is 128 Å². The molecule has 0 atom stereocenters. The van der Waals surface area contributed by atoms with E-state index in [0.29, 0.717) is 13.0 Å². The van der Waals surface area contributed by atoms with Crippen molar-refractivity contribution in [3.05, 3.63) is 29.3 Å². The zero-order valence-electron chi connectivity index (χ0n) is 12.1. The molecule has 0 unspecified atom stereocenters. The van der Waals surface area contributed by atoms with E-state index in [4.69, 9.17) is 4.74 Å². The minimum absolute atomic E-state index is 0.0292. The van der Waals surface area contributed by atoms with Crippen LogP contribution in [-0.2, 0) is 20.7 Å². The van der Waals surface area contributed by atoms with Crippen LogP contribution in [0.5, 0.6) is 0 Å². The maximum Gasteiger partial charge on any atom is 0.306 e. The van der Waals surface area contributed by atoms with Gasteiger partial charge in [-0.1, -0.05) is 25.5 Å². The van der Waals surface area contributed by atoms with Crippen LogP contribution in [0.4, 0.5) is 0 Å². The molecule has 0 fully saturated rings. The van der Waals surface area contributed by atoms with Gasteiger partial charge in [0.2, 0.25) is 0 Å². The predicted octanol–water partition coefficient (Wildman–Crippen LogP) is 3.53. The van der Waals surface area contributed by atoms with Crippen LogP contribution in [-0.4, -0.2) is 23.3 Å². The molecule has 0 radical (unpaired) electrons. The van der Waals surface area contributed by atoms with Gasteiger partial charge >= 0.3 is 5.97 Å². The van der Waals surface area contributed by atoms with Crippen molar-refractivity contribution in [2.45, 2.75) is 39.0 Å². The second-order valence-electron chi connectivity index (χ2n) is 4.86. The molecule has 5 heteroatoms. The zero-order valence-corrected chi connectivity index (χ0v) is 12.9. The monoisotopic (exact) mass is 305 g/mol. The van der Waals surface area contributed by atoms with Crippen molar-refractivity contribution in [1.29, 1.82) is 0 Å². The number of thiazole rings is 1. The normalized spacial score (nSPS) is 10.7. The zero-order chi connectivity index (χ0) is 15.1. The van der Waals surface area contributed by atoms with Gasteiger partial charge in [-0.2, -0.15) is 0 Å². The molecule has 1 heterocycles. The van der Waals surface area contributed by atoms with Crippen molar-refractivity contribution in [3.63, 3.8) is 0 Å². The molecule has 0 bridgehead atoms. The quantitative estimate of drug-likeness (QED) is 0.553. The molecule has 0 aliphatic heterocycles. The third-order valence-electron chi connectivity index (χ3n) is 3.06. The topological polar surface area (TPSA) is 56.3 Å². The smallest absolute Gasteiger partial charge is 0.306 e. The van der Waals surface area contributed by atoms with E-state index in [1.807, 2.05) is 31.2 Å². The number of hydrogen-bond donors (Lipinski definition) is 0. The first-order valence-corrected chi connectivity index (χ1v) is 8.02. The van der Waals surface area contributed by atoms with E-state index in [-0.39, 0.29) is 24.6 Å². The number of unbranched alkanes of at least 4 members (excludes halogenated alkanes) is 1. The number of rotatable bonds is 8. The summed E-state index contributed by atoms with van der Waals surface area (Å²) in [4.78, 5) is 27.7. The van der Waals surface area contributed by atoms with Gasteiger partial charge in [0.1, 0.15) is 10.8 Å². The maximum atomic E-state index is 11.9. The van der Waals surface area contributed by atoms with Crippen molar-refractivity contribution in [2.75, 3.05) is 6.61 Å². The van der Waals surface area contributed by atoms with Crippen LogP contribution in [0.1, 0.15) is 37.6 Å². The third kappa shape index (κ3) is 4.93. The molecule has 1 aromatic heterocycles. The molecule has 2 aromatic rings. The van der Waals surface area contributed by atoms with Crippen LogP contribution in [0, 0.1) is 0 Å². The van der Waals surface area contributed by atoms with Crippen molar-refractivity contribution in [3.8, 4) is 0 Å². The van der Waals surface area contributed by atoms with Gasteiger partial charge in [0.25, 0.3) is 0 Å². The summed E-state index contributed by atoms with van der Waals surface area (Å²) in [5.74, 6) is -0.261. The van der Waals surface area contributed by atoms with Crippen LogP contribution in [0.2, 0.25) is 0 Å². The van der Waals surface area contributed by atoms with Gasteiger partial charge in [0.15, 0.2) is 0 Å². The van der Waals surface area contributed by atoms with Crippen molar-refractivity contribution < 1.29 is 14.3 Å². The average Bonchev–Trinajstić information content (AvgIpc) is 2.87. The summed E-state index contributed by atoms with van der Waals surface area (Å²) >= 11 is 1.53. The van der Waals surface area contributed by atoms with Crippen LogP contribution < -0.4 is 0 Å². The maximum absolute atomic E-state index is 11.9. The number of ether oxygens (including phenoxy) is 1. The molecule has 0 N–H and O–H groups in total. The Morgan fingerprint density at radius 1 is 1.24 bits per heavy atom. The lowest BCUT2D eigenvalue weighted by Crippen LogP contribution is -2.10. The summed E-state index contributed by atoms with van der Waals surface area (Å²) in [5.41, 5.74) is 0.921. The van der Waals surface area contributed by atoms with Gasteiger partial charge in [-0.25, -0.2) is 4.98 Å². The lowest BCUT2D eigenvalue weighted by Gasteiger charge is -2.02. The van der Waals surface area contributed by atoms with Crippen molar-refractivity contribution in [1.82, 2.24) is 4.98 Å². The highest BCUT2D eigenvalue weighted by Crippen LogP contribution is 2.22. The fourth-order valence-corrected chi connectivity index (χ4v) is 2.89. The third-order valence-corrected chi connectivity index (χ3v) is 4.09. The van der Waals surface area contributed by atoms with Gasteiger partial charge < -0.3 is 4.74 Å². The second kappa shape index (κ2) is 7.88. The molecule has 0 aliphatic carbocycles. The average molecular weight is 305 g/mol. The first-order chi connectivity index (χ1) is 10.2. The number of ketones is 1. The number of Topliss-reactive ketones (excluding diaryl/α,β-unsaturated/α-hetero) is 1. The number of para-hydroxylation sites is 1. The van der Waals surface area contributed by atoms with Gasteiger partial charge in [-0.3, -0.25) is 9.59 Å². The Balaban J connectivity index is 1.77. The number of hydrogen-bond acceptors (Lipinski definition) is 5. The van der Waals surface area contributed by atoms with E-state index in [2.05, 4.69) is 4.98 Å². The van der Waals surface area contributed by atoms with E-state index < -0.39 is 0 Å².